The summed E-state index contributed by atoms with van der Waals surface area (Å²) in [6.07, 6.45) is 0. The average Bonchev–Trinajstić information content (AvgIpc) is 2.30. The first kappa shape index (κ1) is 12.5. The van der Waals surface area contributed by atoms with E-state index in [9.17, 15) is 0 Å². The summed E-state index contributed by atoms with van der Waals surface area (Å²) >= 11 is 0. The van der Waals surface area contributed by atoms with Gasteiger partial charge in [-0.25, -0.2) is 0 Å². The number of hydrogen-bond acceptors (Lipinski definition) is 4. The molecule has 86 valence electrons. The van der Waals surface area contributed by atoms with Gasteiger partial charge in [-0.15, -0.1) is 0 Å². The van der Waals surface area contributed by atoms with Crippen molar-refractivity contribution in [3.8, 4) is 6.07 Å². The zero-order valence-corrected chi connectivity index (χ0v) is 9.64. The molecule has 4 nitrogen and oxygen atoms in total. The Kier molecular flexibility index (Phi) is 4.77. The van der Waals surface area contributed by atoms with Crippen molar-refractivity contribution in [2.24, 2.45) is 0 Å². The summed E-state index contributed by atoms with van der Waals surface area (Å²) in [5, 5.41) is 20.6. The molecule has 0 amide bonds. The fourth-order valence-corrected chi connectivity index (χ4v) is 1.41. The maximum Gasteiger partial charge on any atom is 0.121 e. The SMILES string of the molecule is CN(C)c1ccc(C(C#N)NCCO)cc1. The van der Waals surface area contributed by atoms with E-state index in [4.69, 9.17) is 10.4 Å². The average molecular weight is 219 g/mol. The third kappa shape index (κ3) is 3.23. The molecule has 0 saturated carbocycles. The van der Waals surface area contributed by atoms with Gasteiger partial charge in [0.1, 0.15) is 6.04 Å². The molecule has 0 fully saturated rings. The number of nitrogens with zero attached hydrogens (tertiary/aromatic N) is 2. The number of aliphatic hydroxyl groups excluding tert-OH is 1. The highest BCUT2D eigenvalue weighted by molar-refractivity contribution is 5.47. The fourth-order valence-electron chi connectivity index (χ4n) is 1.41. The molecular weight excluding hydrogens is 202 g/mol. The number of hydrogen-bond donors (Lipinski definition) is 2. The lowest BCUT2D eigenvalue weighted by atomic mass is 10.1. The highest BCUT2D eigenvalue weighted by Gasteiger charge is 2.08. The van der Waals surface area contributed by atoms with Crippen LogP contribution in [0.3, 0.4) is 0 Å². The minimum Gasteiger partial charge on any atom is -0.395 e. The lowest BCUT2D eigenvalue weighted by Crippen LogP contribution is -2.23. The topological polar surface area (TPSA) is 59.3 Å². The Morgan fingerprint density at radius 3 is 2.44 bits per heavy atom. The van der Waals surface area contributed by atoms with E-state index in [1.165, 1.54) is 0 Å². The largest absolute Gasteiger partial charge is 0.395 e. The standard InChI is InChI=1S/C12H17N3O/c1-15(2)11-5-3-10(4-6-11)12(9-13)14-7-8-16/h3-6,12,14,16H,7-8H2,1-2H3. The molecule has 16 heavy (non-hydrogen) atoms. The first-order chi connectivity index (χ1) is 7.69. The van der Waals surface area contributed by atoms with Crippen LogP contribution in [0.2, 0.25) is 0 Å². The van der Waals surface area contributed by atoms with Crippen molar-refractivity contribution >= 4 is 5.69 Å². The summed E-state index contributed by atoms with van der Waals surface area (Å²) in [6, 6.07) is 9.60. The Labute approximate surface area is 96.1 Å². The Balaban J connectivity index is 2.75. The molecule has 0 saturated heterocycles. The van der Waals surface area contributed by atoms with Gasteiger partial charge in [-0.2, -0.15) is 5.26 Å². The van der Waals surface area contributed by atoms with E-state index in [0.29, 0.717) is 6.54 Å². The molecule has 0 aliphatic rings. The van der Waals surface area contributed by atoms with Crippen LogP contribution < -0.4 is 10.2 Å². The van der Waals surface area contributed by atoms with Crippen molar-refractivity contribution in [3.05, 3.63) is 29.8 Å². The molecule has 1 rings (SSSR count). The monoisotopic (exact) mass is 219 g/mol. The second-order valence-corrected chi connectivity index (χ2v) is 3.73. The molecule has 2 N–H and O–H groups in total. The highest BCUT2D eigenvalue weighted by Crippen LogP contribution is 2.17. The van der Waals surface area contributed by atoms with Crippen molar-refractivity contribution in [1.29, 1.82) is 5.26 Å². The van der Waals surface area contributed by atoms with Gasteiger partial charge in [0, 0.05) is 26.3 Å². The molecule has 1 atom stereocenters. The lowest BCUT2D eigenvalue weighted by Gasteiger charge is -2.15. The van der Waals surface area contributed by atoms with Gasteiger partial charge in [-0.3, -0.25) is 5.32 Å². The molecular formula is C12H17N3O. The maximum absolute atomic E-state index is 8.98. The van der Waals surface area contributed by atoms with Crippen molar-refractivity contribution in [2.75, 3.05) is 32.1 Å². The molecule has 1 aromatic rings. The molecule has 1 unspecified atom stereocenters. The fraction of sp³-hybridized carbons (Fsp3) is 0.417. The Bertz CT molecular complexity index is 354. The van der Waals surface area contributed by atoms with Gasteiger partial charge in [0.2, 0.25) is 0 Å². The van der Waals surface area contributed by atoms with Crippen molar-refractivity contribution in [2.45, 2.75) is 6.04 Å². The summed E-state index contributed by atoms with van der Waals surface area (Å²) in [7, 11) is 3.95. The van der Waals surface area contributed by atoms with Gasteiger partial charge in [0.25, 0.3) is 0 Å². The molecule has 0 heterocycles. The molecule has 1 aromatic carbocycles. The maximum atomic E-state index is 8.98. The van der Waals surface area contributed by atoms with Crippen molar-refractivity contribution < 1.29 is 5.11 Å². The van der Waals surface area contributed by atoms with Crippen LogP contribution in [0.15, 0.2) is 24.3 Å². The van der Waals surface area contributed by atoms with Gasteiger partial charge in [0.15, 0.2) is 0 Å². The smallest absolute Gasteiger partial charge is 0.121 e. The summed E-state index contributed by atoms with van der Waals surface area (Å²) in [5.74, 6) is 0. The summed E-state index contributed by atoms with van der Waals surface area (Å²) < 4.78 is 0. The summed E-state index contributed by atoms with van der Waals surface area (Å²) in [5.41, 5.74) is 2.02. The first-order valence-corrected chi connectivity index (χ1v) is 5.20. The molecule has 0 aliphatic heterocycles. The predicted octanol–water partition coefficient (Wildman–Crippen LogP) is 0.899. The van der Waals surface area contributed by atoms with Gasteiger partial charge in [-0.1, -0.05) is 12.1 Å². The number of aliphatic hydroxyl groups is 1. The predicted molar refractivity (Wildman–Crippen MR) is 64.2 cm³/mol. The quantitative estimate of drug-likeness (QED) is 0.772. The van der Waals surface area contributed by atoms with E-state index in [2.05, 4.69) is 11.4 Å². The van der Waals surface area contributed by atoms with Crippen LogP contribution in [0.4, 0.5) is 5.69 Å². The van der Waals surface area contributed by atoms with Crippen LogP contribution in [0.25, 0.3) is 0 Å². The van der Waals surface area contributed by atoms with Crippen LogP contribution in [0.5, 0.6) is 0 Å². The molecule has 0 aliphatic carbocycles. The number of nitrogens with one attached hydrogen (secondary N) is 1. The van der Waals surface area contributed by atoms with Gasteiger partial charge in [0.05, 0.1) is 12.7 Å². The van der Waals surface area contributed by atoms with Crippen LogP contribution >= 0.6 is 0 Å². The van der Waals surface area contributed by atoms with Gasteiger partial charge in [-0.05, 0) is 17.7 Å². The van der Waals surface area contributed by atoms with Gasteiger partial charge < -0.3 is 10.0 Å². The van der Waals surface area contributed by atoms with E-state index in [0.717, 1.165) is 11.3 Å². The van der Waals surface area contributed by atoms with Crippen LogP contribution in [0, 0.1) is 11.3 Å². The number of benzene rings is 1. The van der Waals surface area contributed by atoms with E-state index in [1.807, 2.05) is 43.3 Å². The molecule has 0 radical (unpaired) electrons. The number of rotatable bonds is 5. The molecule has 4 heteroatoms. The van der Waals surface area contributed by atoms with E-state index in [-0.39, 0.29) is 12.6 Å². The normalized spacial score (nSPS) is 11.9. The van der Waals surface area contributed by atoms with E-state index in [1.54, 1.807) is 0 Å². The number of anilines is 1. The van der Waals surface area contributed by atoms with E-state index >= 15 is 0 Å². The second kappa shape index (κ2) is 6.11. The van der Waals surface area contributed by atoms with Gasteiger partial charge >= 0.3 is 0 Å². The van der Waals surface area contributed by atoms with Crippen molar-refractivity contribution in [3.63, 3.8) is 0 Å². The third-order valence-electron chi connectivity index (χ3n) is 2.33. The van der Waals surface area contributed by atoms with Crippen LogP contribution in [0.1, 0.15) is 11.6 Å². The zero-order chi connectivity index (χ0) is 12.0. The Hall–Kier alpha value is -1.57. The first-order valence-electron chi connectivity index (χ1n) is 5.20. The molecule has 0 spiro atoms. The lowest BCUT2D eigenvalue weighted by molar-refractivity contribution is 0.289. The van der Waals surface area contributed by atoms with Crippen molar-refractivity contribution in [1.82, 2.24) is 5.32 Å². The number of nitriles is 1. The third-order valence-corrected chi connectivity index (χ3v) is 2.33. The summed E-state index contributed by atoms with van der Waals surface area (Å²) in [6.45, 7) is 0.460. The van der Waals surface area contributed by atoms with E-state index < -0.39 is 0 Å². The minimum absolute atomic E-state index is 0.0357. The molecule has 0 aromatic heterocycles. The minimum atomic E-state index is -0.358. The highest BCUT2D eigenvalue weighted by atomic mass is 16.3. The second-order valence-electron chi connectivity index (χ2n) is 3.73. The zero-order valence-electron chi connectivity index (χ0n) is 9.64. The summed E-state index contributed by atoms with van der Waals surface area (Å²) in [4.78, 5) is 2.01. The van der Waals surface area contributed by atoms with Crippen LogP contribution in [-0.2, 0) is 0 Å². The molecule has 0 bridgehead atoms. The van der Waals surface area contributed by atoms with Crippen LogP contribution in [-0.4, -0.2) is 32.4 Å². The Morgan fingerprint density at radius 2 is 2.00 bits per heavy atom. The Morgan fingerprint density at radius 1 is 1.38 bits per heavy atom.